The molecule has 1 aromatic rings. The molecule has 1 saturated carbocycles. The van der Waals surface area contributed by atoms with Crippen LogP contribution in [-0.4, -0.2) is 28.5 Å². The number of rotatable bonds is 1. The number of nitrogens with one attached hydrogen (secondary N) is 2. The second-order valence-electron chi connectivity index (χ2n) is 4.94. The van der Waals surface area contributed by atoms with Crippen LogP contribution in [0.15, 0.2) is 6.33 Å². The van der Waals surface area contributed by atoms with Crippen LogP contribution < -0.4 is 15.4 Å². The molecular formula is C12H16N4O2. The number of hydrogen-bond acceptors (Lipinski definition) is 5. The van der Waals surface area contributed by atoms with E-state index < -0.39 is 0 Å². The van der Waals surface area contributed by atoms with E-state index in [1.807, 2.05) is 0 Å². The van der Waals surface area contributed by atoms with E-state index in [1.54, 1.807) is 0 Å². The van der Waals surface area contributed by atoms with Crippen LogP contribution in [-0.2, 0) is 4.79 Å². The first-order chi connectivity index (χ1) is 8.72. The van der Waals surface area contributed by atoms with Crippen LogP contribution in [0.4, 0.5) is 11.5 Å². The first-order valence-corrected chi connectivity index (χ1v) is 6.19. The molecule has 2 heterocycles. The fourth-order valence-electron chi connectivity index (χ4n) is 2.87. The molecule has 6 heteroatoms. The lowest BCUT2D eigenvalue weighted by Gasteiger charge is -2.28. The Hall–Kier alpha value is -1.85. The fraction of sp³-hybridized carbons (Fsp3) is 0.583. The number of anilines is 2. The molecule has 6 nitrogen and oxygen atoms in total. The highest BCUT2D eigenvalue weighted by Gasteiger charge is 2.39. The predicted octanol–water partition coefficient (Wildman–Crippen LogP) is 1.55. The molecule has 1 spiro atoms. The van der Waals surface area contributed by atoms with Crippen molar-refractivity contribution in [3.8, 4) is 5.88 Å². The first-order valence-electron chi connectivity index (χ1n) is 6.19. The van der Waals surface area contributed by atoms with Gasteiger partial charge in [0.1, 0.15) is 12.0 Å². The van der Waals surface area contributed by atoms with Crippen LogP contribution in [0.2, 0.25) is 0 Å². The average molecular weight is 248 g/mol. The normalized spacial score (nSPS) is 20.8. The Balaban J connectivity index is 2.04. The number of amides is 1. The minimum atomic E-state index is -0.144. The van der Waals surface area contributed by atoms with Gasteiger partial charge in [-0.25, -0.2) is 4.98 Å². The van der Waals surface area contributed by atoms with Gasteiger partial charge in [-0.3, -0.25) is 4.79 Å². The molecule has 3 rings (SSSR count). The van der Waals surface area contributed by atoms with Gasteiger partial charge in [-0.15, -0.1) is 0 Å². The number of methoxy groups -OCH3 is 1. The van der Waals surface area contributed by atoms with E-state index >= 15 is 0 Å². The summed E-state index contributed by atoms with van der Waals surface area (Å²) in [6, 6.07) is 0. The monoisotopic (exact) mass is 248 g/mol. The number of aromatic nitrogens is 2. The topological polar surface area (TPSA) is 76.1 Å². The number of fused-ring (bicyclic) bond motifs is 1. The lowest BCUT2D eigenvalue weighted by atomic mass is 9.93. The van der Waals surface area contributed by atoms with Crippen LogP contribution in [0.3, 0.4) is 0 Å². The van der Waals surface area contributed by atoms with Gasteiger partial charge in [0.2, 0.25) is 11.8 Å². The lowest BCUT2D eigenvalue weighted by Crippen LogP contribution is -2.37. The Morgan fingerprint density at radius 2 is 2.11 bits per heavy atom. The van der Waals surface area contributed by atoms with E-state index in [4.69, 9.17) is 4.74 Å². The lowest BCUT2D eigenvalue weighted by molar-refractivity contribution is -0.117. The fourth-order valence-corrected chi connectivity index (χ4v) is 2.87. The Bertz CT molecular complexity index is 483. The molecule has 1 aliphatic carbocycles. The Labute approximate surface area is 105 Å². The third kappa shape index (κ3) is 1.77. The van der Waals surface area contributed by atoms with E-state index in [0.717, 1.165) is 25.7 Å². The molecule has 0 atom stereocenters. The van der Waals surface area contributed by atoms with Crippen LogP contribution in [0.5, 0.6) is 5.88 Å². The molecule has 2 N–H and O–H groups in total. The van der Waals surface area contributed by atoms with Gasteiger partial charge >= 0.3 is 0 Å². The zero-order valence-corrected chi connectivity index (χ0v) is 10.3. The zero-order chi connectivity index (χ0) is 12.6. The van der Waals surface area contributed by atoms with Crippen LogP contribution in [0.25, 0.3) is 0 Å². The smallest absolute Gasteiger partial charge is 0.242 e. The van der Waals surface area contributed by atoms with Crippen LogP contribution in [0, 0.1) is 0 Å². The van der Waals surface area contributed by atoms with E-state index in [-0.39, 0.29) is 11.4 Å². The van der Waals surface area contributed by atoms with Gasteiger partial charge in [-0.05, 0) is 12.8 Å². The maximum absolute atomic E-state index is 12.0. The molecule has 18 heavy (non-hydrogen) atoms. The molecule has 1 fully saturated rings. The van der Waals surface area contributed by atoms with Gasteiger partial charge < -0.3 is 15.4 Å². The summed E-state index contributed by atoms with van der Waals surface area (Å²) >= 11 is 0. The van der Waals surface area contributed by atoms with Crippen molar-refractivity contribution in [2.75, 3.05) is 17.7 Å². The van der Waals surface area contributed by atoms with Crippen molar-refractivity contribution in [3.05, 3.63) is 6.33 Å². The highest BCUT2D eigenvalue weighted by Crippen LogP contribution is 2.41. The predicted molar refractivity (Wildman–Crippen MR) is 66.7 cm³/mol. The summed E-state index contributed by atoms with van der Waals surface area (Å²) in [4.78, 5) is 20.3. The molecule has 1 aliphatic heterocycles. The third-order valence-electron chi connectivity index (χ3n) is 3.71. The van der Waals surface area contributed by atoms with Crippen molar-refractivity contribution in [2.24, 2.45) is 0 Å². The summed E-state index contributed by atoms with van der Waals surface area (Å²) in [6.07, 6.45) is 6.24. The van der Waals surface area contributed by atoms with E-state index in [0.29, 0.717) is 23.8 Å². The number of hydrogen-bond donors (Lipinski definition) is 2. The molecule has 0 unspecified atom stereocenters. The Morgan fingerprint density at radius 1 is 1.33 bits per heavy atom. The van der Waals surface area contributed by atoms with E-state index in [1.165, 1.54) is 13.4 Å². The quantitative estimate of drug-likeness (QED) is 0.788. The molecule has 2 aliphatic rings. The second kappa shape index (κ2) is 4.12. The van der Waals surface area contributed by atoms with Crippen molar-refractivity contribution in [1.29, 1.82) is 0 Å². The maximum Gasteiger partial charge on any atom is 0.242 e. The Morgan fingerprint density at radius 3 is 2.83 bits per heavy atom. The maximum atomic E-state index is 12.0. The highest BCUT2D eigenvalue weighted by molar-refractivity contribution is 5.97. The average Bonchev–Trinajstić information content (AvgIpc) is 2.72. The number of carbonyl (C=O) groups is 1. The van der Waals surface area contributed by atoms with Gasteiger partial charge in [0.25, 0.3) is 0 Å². The minimum Gasteiger partial charge on any atom is -0.479 e. The number of ether oxygens (including phenoxy) is 1. The molecule has 0 bridgehead atoms. The SMILES string of the molecule is COc1ncnc2c1NC(=O)CC1(CCCC1)N2. The Kier molecular flexibility index (Phi) is 2.57. The van der Waals surface area contributed by atoms with Gasteiger partial charge in [0.05, 0.1) is 7.11 Å². The number of nitrogens with zero attached hydrogens (tertiary/aromatic N) is 2. The minimum absolute atomic E-state index is 0.00347. The molecule has 1 amide bonds. The third-order valence-corrected chi connectivity index (χ3v) is 3.71. The molecule has 0 aromatic carbocycles. The highest BCUT2D eigenvalue weighted by atomic mass is 16.5. The number of carbonyl (C=O) groups excluding carboxylic acids is 1. The van der Waals surface area contributed by atoms with Crippen molar-refractivity contribution in [2.45, 2.75) is 37.6 Å². The second-order valence-corrected chi connectivity index (χ2v) is 4.94. The van der Waals surface area contributed by atoms with E-state index in [9.17, 15) is 4.79 Å². The van der Waals surface area contributed by atoms with Gasteiger partial charge in [-0.1, -0.05) is 12.8 Å². The molecule has 96 valence electrons. The van der Waals surface area contributed by atoms with Crippen LogP contribution in [0.1, 0.15) is 32.1 Å². The molecular weight excluding hydrogens is 232 g/mol. The van der Waals surface area contributed by atoms with Crippen LogP contribution >= 0.6 is 0 Å². The molecule has 0 radical (unpaired) electrons. The van der Waals surface area contributed by atoms with Gasteiger partial charge in [0, 0.05) is 12.0 Å². The van der Waals surface area contributed by atoms with Crippen molar-refractivity contribution in [1.82, 2.24) is 9.97 Å². The zero-order valence-electron chi connectivity index (χ0n) is 10.3. The van der Waals surface area contributed by atoms with Crippen molar-refractivity contribution >= 4 is 17.4 Å². The van der Waals surface area contributed by atoms with E-state index in [2.05, 4.69) is 20.6 Å². The molecule has 1 aromatic heterocycles. The standard InChI is InChI=1S/C12H16N4O2/c1-18-11-9-10(13-7-14-11)16-12(4-2-3-5-12)6-8(17)15-9/h7H,2-6H2,1H3,(H,15,17)(H,13,14,16). The summed E-state index contributed by atoms with van der Waals surface area (Å²) in [7, 11) is 1.53. The first kappa shape index (κ1) is 11.3. The van der Waals surface area contributed by atoms with Crippen molar-refractivity contribution in [3.63, 3.8) is 0 Å². The largest absolute Gasteiger partial charge is 0.479 e. The summed E-state index contributed by atoms with van der Waals surface area (Å²) in [5.41, 5.74) is 0.406. The van der Waals surface area contributed by atoms with Gasteiger partial charge in [0.15, 0.2) is 5.82 Å². The summed E-state index contributed by atoms with van der Waals surface area (Å²) in [6.45, 7) is 0. The summed E-state index contributed by atoms with van der Waals surface area (Å²) in [5, 5.41) is 6.27. The van der Waals surface area contributed by atoms with Crippen molar-refractivity contribution < 1.29 is 9.53 Å². The van der Waals surface area contributed by atoms with Gasteiger partial charge in [-0.2, -0.15) is 4.98 Å². The summed E-state index contributed by atoms with van der Waals surface area (Å²) in [5.74, 6) is 1.06. The summed E-state index contributed by atoms with van der Waals surface area (Å²) < 4.78 is 5.16. The molecule has 0 saturated heterocycles.